The summed E-state index contributed by atoms with van der Waals surface area (Å²) in [6.45, 7) is 1.77. The van der Waals surface area contributed by atoms with E-state index in [0.717, 1.165) is 10.2 Å². The molecule has 0 aliphatic rings. The van der Waals surface area contributed by atoms with Gasteiger partial charge in [-0.05, 0) is 41.7 Å². The lowest BCUT2D eigenvalue weighted by molar-refractivity contribution is 0.902. The van der Waals surface area contributed by atoms with E-state index in [4.69, 9.17) is 11.6 Å². The normalized spacial score (nSPS) is 11.1. The summed E-state index contributed by atoms with van der Waals surface area (Å²) >= 11 is 8.65. The first-order chi connectivity index (χ1) is 9.11. The highest BCUT2D eigenvalue weighted by Crippen LogP contribution is 2.32. The summed E-state index contributed by atoms with van der Waals surface area (Å²) in [6.07, 6.45) is 0. The Morgan fingerprint density at radius 2 is 2.21 bits per heavy atom. The summed E-state index contributed by atoms with van der Waals surface area (Å²) in [5.41, 5.74) is 0.477. The van der Waals surface area contributed by atoms with Gasteiger partial charge in [0.05, 0.1) is 0 Å². The van der Waals surface area contributed by atoms with Crippen LogP contribution in [0.5, 0.6) is 0 Å². The van der Waals surface area contributed by atoms with E-state index in [-0.39, 0.29) is 10.8 Å². The zero-order valence-corrected chi connectivity index (χ0v) is 12.1. The molecule has 3 rings (SSSR count). The summed E-state index contributed by atoms with van der Waals surface area (Å²) in [4.78, 5) is 27.5. The fourth-order valence-electron chi connectivity index (χ4n) is 1.57. The van der Waals surface area contributed by atoms with Crippen molar-refractivity contribution >= 4 is 44.9 Å². The van der Waals surface area contributed by atoms with E-state index in [1.165, 1.54) is 29.2 Å². The number of H-pyrrole nitrogens is 1. The molecule has 5 nitrogen and oxygen atoms in total. The highest BCUT2D eigenvalue weighted by Gasteiger charge is 2.11. The highest BCUT2D eigenvalue weighted by molar-refractivity contribution is 7.99. The Kier molecular flexibility index (Phi) is 3.26. The van der Waals surface area contributed by atoms with Crippen molar-refractivity contribution in [3.8, 4) is 0 Å². The maximum Gasteiger partial charge on any atom is 0.251 e. The molecule has 96 valence electrons. The molecule has 0 spiro atoms. The van der Waals surface area contributed by atoms with E-state index in [9.17, 15) is 4.79 Å². The Morgan fingerprint density at radius 1 is 1.37 bits per heavy atom. The first-order valence-corrected chi connectivity index (χ1v) is 7.36. The monoisotopic (exact) mass is 310 g/mol. The largest absolute Gasteiger partial charge is 0.301 e. The smallest absolute Gasteiger partial charge is 0.251 e. The van der Waals surface area contributed by atoms with E-state index in [2.05, 4.69) is 19.9 Å². The molecule has 0 fully saturated rings. The maximum absolute atomic E-state index is 11.4. The van der Waals surface area contributed by atoms with Gasteiger partial charge in [0.1, 0.15) is 9.86 Å². The molecule has 0 aromatic carbocycles. The third kappa shape index (κ3) is 2.63. The summed E-state index contributed by atoms with van der Waals surface area (Å²) in [7, 11) is 0. The van der Waals surface area contributed by atoms with Gasteiger partial charge in [-0.25, -0.2) is 15.0 Å². The fourth-order valence-corrected chi connectivity index (χ4v) is 3.60. The molecule has 0 aliphatic heterocycles. The number of rotatable bonds is 2. The zero-order chi connectivity index (χ0) is 13.4. The molecule has 0 saturated carbocycles. The Morgan fingerprint density at radius 3 is 3.00 bits per heavy atom. The van der Waals surface area contributed by atoms with Crippen LogP contribution < -0.4 is 5.56 Å². The predicted octanol–water partition coefficient (Wildman–Crippen LogP) is 2.89. The number of hydrogen-bond donors (Lipinski definition) is 1. The van der Waals surface area contributed by atoms with E-state index in [0.29, 0.717) is 15.9 Å². The topological polar surface area (TPSA) is 71.5 Å². The van der Waals surface area contributed by atoms with Crippen molar-refractivity contribution in [2.45, 2.75) is 17.1 Å². The standard InChI is InChI=1S/C11H7ClN4OS2/c1-5-4-7(17)14-11(13-5)19-9-6-2-3-18-8(6)15-10(12)16-9/h2-4H,1H3,(H,13,14,17). The molecular formula is C11H7ClN4OS2. The molecule has 3 aromatic rings. The third-order valence-corrected chi connectivity index (χ3v) is 4.17. The van der Waals surface area contributed by atoms with Crippen LogP contribution in [0.4, 0.5) is 0 Å². The average Bonchev–Trinajstić information content (AvgIpc) is 2.75. The van der Waals surface area contributed by atoms with Crippen molar-refractivity contribution in [2.24, 2.45) is 0 Å². The summed E-state index contributed by atoms with van der Waals surface area (Å²) in [5.74, 6) is 0. The van der Waals surface area contributed by atoms with Crippen LogP contribution in [0.25, 0.3) is 10.2 Å². The third-order valence-electron chi connectivity index (χ3n) is 2.30. The molecule has 3 aromatic heterocycles. The van der Waals surface area contributed by atoms with Crippen LogP contribution in [-0.4, -0.2) is 19.9 Å². The molecule has 1 N–H and O–H groups in total. The molecule has 0 atom stereocenters. The number of nitrogens with one attached hydrogen (secondary N) is 1. The Bertz CT molecular complexity index is 814. The number of halogens is 1. The minimum atomic E-state index is -0.184. The van der Waals surface area contributed by atoms with E-state index >= 15 is 0 Å². The SMILES string of the molecule is Cc1cc(=O)[nH]c(Sc2nc(Cl)nc3sccc23)n1. The number of nitrogens with zero attached hydrogens (tertiary/aromatic N) is 3. The second kappa shape index (κ2) is 4.92. The van der Waals surface area contributed by atoms with Crippen molar-refractivity contribution in [3.05, 3.63) is 38.8 Å². The van der Waals surface area contributed by atoms with Crippen LogP contribution >= 0.6 is 34.7 Å². The number of hydrogen-bond acceptors (Lipinski definition) is 6. The Labute approximate surface area is 121 Å². The van der Waals surface area contributed by atoms with Gasteiger partial charge < -0.3 is 4.98 Å². The van der Waals surface area contributed by atoms with Crippen LogP contribution in [0.15, 0.2) is 32.5 Å². The predicted molar refractivity (Wildman–Crippen MR) is 76.1 cm³/mol. The van der Waals surface area contributed by atoms with Gasteiger partial charge in [0.15, 0.2) is 5.16 Å². The van der Waals surface area contributed by atoms with E-state index in [1.54, 1.807) is 6.92 Å². The molecule has 0 amide bonds. The van der Waals surface area contributed by atoms with E-state index < -0.39 is 0 Å². The van der Waals surface area contributed by atoms with Gasteiger partial charge in [-0.2, -0.15) is 0 Å². The van der Waals surface area contributed by atoms with E-state index in [1.807, 2.05) is 11.4 Å². The number of aromatic amines is 1. The average molecular weight is 311 g/mol. The zero-order valence-electron chi connectivity index (χ0n) is 9.68. The van der Waals surface area contributed by atoms with Crippen molar-refractivity contribution < 1.29 is 0 Å². The van der Waals surface area contributed by atoms with Gasteiger partial charge in [0.25, 0.3) is 5.56 Å². The van der Waals surface area contributed by atoms with Crippen LogP contribution in [-0.2, 0) is 0 Å². The van der Waals surface area contributed by atoms with Gasteiger partial charge in [-0.3, -0.25) is 4.79 Å². The molecule has 0 aliphatic carbocycles. The lowest BCUT2D eigenvalue weighted by atomic mass is 10.4. The lowest BCUT2D eigenvalue weighted by Gasteiger charge is -2.02. The lowest BCUT2D eigenvalue weighted by Crippen LogP contribution is -2.08. The number of thiophene rings is 1. The fraction of sp³-hybridized carbons (Fsp3) is 0.0909. The highest BCUT2D eigenvalue weighted by atomic mass is 35.5. The molecule has 3 heterocycles. The maximum atomic E-state index is 11.4. The van der Waals surface area contributed by atoms with Gasteiger partial charge in [0.2, 0.25) is 5.28 Å². The van der Waals surface area contributed by atoms with Crippen molar-refractivity contribution in [1.29, 1.82) is 0 Å². The molecule has 0 bridgehead atoms. The molecule has 0 saturated heterocycles. The van der Waals surface area contributed by atoms with Crippen LogP contribution in [0.2, 0.25) is 5.28 Å². The molecule has 0 unspecified atom stereocenters. The number of aromatic nitrogens is 4. The Balaban J connectivity index is 2.09. The van der Waals surface area contributed by atoms with Gasteiger partial charge >= 0.3 is 0 Å². The molecule has 19 heavy (non-hydrogen) atoms. The van der Waals surface area contributed by atoms with Crippen molar-refractivity contribution in [3.63, 3.8) is 0 Å². The Hall–Kier alpha value is -1.44. The van der Waals surface area contributed by atoms with Crippen molar-refractivity contribution in [1.82, 2.24) is 19.9 Å². The summed E-state index contributed by atoms with van der Waals surface area (Å²) in [5, 5.41) is 4.19. The first kappa shape index (κ1) is 12.6. The minimum Gasteiger partial charge on any atom is -0.301 e. The molecular weight excluding hydrogens is 304 g/mol. The van der Waals surface area contributed by atoms with Crippen LogP contribution in [0.1, 0.15) is 5.69 Å². The number of aryl methyl sites for hydroxylation is 1. The quantitative estimate of drug-likeness (QED) is 0.582. The first-order valence-electron chi connectivity index (χ1n) is 5.28. The molecule has 8 heteroatoms. The minimum absolute atomic E-state index is 0.184. The number of fused-ring (bicyclic) bond motifs is 1. The van der Waals surface area contributed by atoms with Gasteiger partial charge in [0, 0.05) is 17.1 Å². The second-order valence-corrected chi connectivity index (χ2v) is 5.94. The summed E-state index contributed by atoms with van der Waals surface area (Å²) < 4.78 is 0. The van der Waals surface area contributed by atoms with Gasteiger partial charge in [-0.1, -0.05) is 0 Å². The van der Waals surface area contributed by atoms with Crippen LogP contribution in [0.3, 0.4) is 0 Å². The van der Waals surface area contributed by atoms with Crippen LogP contribution in [0, 0.1) is 6.92 Å². The second-order valence-electron chi connectivity index (χ2n) is 3.73. The summed E-state index contributed by atoms with van der Waals surface area (Å²) in [6, 6.07) is 3.36. The van der Waals surface area contributed by atoms with Gasteiger partial charge in [-0.15, -0.1) is 11.3 Å². The molecule has 0 radical (unpaired) electrons. The van der Waals surface area contributed by atoms with Crippen molar-refractivity contribution in [2.75, 3.05) is 0 Å².